The van der Waals surface area contributed by atoms with Gasteiger partial charge in [-0.3, -0.25) is 0 Å². The summed E-state index contributed by atoms with van der Waals surface area (Å²) in [6, 6.07) is 0.102. The maximum absolute atomic E-state index is 11.7. The zero-order chi connectivity index (χ0) is 8.27. The molecular weight excluding hydrogens is 172 g/mol. The summed E-state index contributed by atoms with van der Waals surface area (Å²) in [4.78, 5) is 0. The van der Waals surface area contributed by atoms with Gasteiger partial charge in [0.25, 0.3) is 6.43 Å². The predicted octanol–water partition coefficient (Wildman–Crippen LogP) is 2.00. The summed E-state index contributed by atoms with van der Waals surface area (Å²) in [6.45, 7) is -0.228. The molecule has 2 unspecified atom stereocenters. The summed E-state index contributed by atoms with van der Waals surface area (Å²) in [5.41, 5.74) is 0. The lowest BCUT2D eigenvalue weighted by atomic mass is 10.2. The van der Waals surface area contributed by atoms with Gasteiger partial charge in [-0.1, -0.05) is 6.42 Å². The highest BCUT2D eigenvalue weighted by Gasteiger charge is 2.25. The second kappa shape index (κ2) is 4.21. The third kappa shape index (κ3) is 2.91. The summed E-state index contributed by atoms with van der Waals surface area (Å²) in [5.74, 6) is 0. The van der Waals surface area contributed by atoms with Gasteiger partial charge in [-0.15, -0.1) is 11.6 Å². The highest BCUT2D eigenvalue weighted by Crippen LogP contribution is 2.23. The summed E-state index contributed by atoms with van der Waals surface area (Å²) in [6.07, 6.45) is 0.665. The van der Waals surface area contributed by atoms with E-state index in [1.54, 1.807) is 0 Å². The second-order valence-electron chi connectivity index (χ2n) is 2.85. The molecule has 1 nitrogen and oxygen atoms in total. The first-order valence-electron chi connectivity index (χ1n) is 3.85. The molecule has 0 radical (unpaired) electrons. The molecule has 0 amide bonds. The van der Waals surface area contributed by atoms with Gasteiger partial charge in [0.1, 0.15) is 0 Å². The van der Waals surface area contributed by atoms with Gasteiger partial charge in [-0.25, -0.2) is 8.78 Å². The summed E-state index contributed by atoms with van der Waals surface area (Å²) in [7, 11) is 0. The van der Waals surface area contributed by atoms with Gasteiger partial charge in [0.2, 0.25) is 0 Å². The van der Waals surface area contributed by atoms with Gasteiger partial charge in [0.05, 0.1) is 6.54 Å². The van der Waals surface area contributed by atoms with Crippen molar-refractivity contribution in [2.75, 3.05) is 6.54 Å². The fraction of sp³-hybridized carbons (Fsp3) is 1.00. The van der Waals surface area contributed by atoms with Crippen molar-refractivity contribution in [3.8, 4) is 0 Å². The van der Waals surface area contributed by atoms with E-state index in [4.69, 9.17) is 11.6 Å². The minimum Gasteiger partial charge on any atom is -0.307 e. The predicted molar refractivity (Wildman–Crippen MR) is 41.3 cm³/mol. The minimum atomic E-state index is -2.26. The zero-order valence-electron chi connectivity index (χ0n) is 6.19. The first-order valence-corrected chi connectivity index (χ1v) is 4.29. The summed E-state index contributed by atoms with van der Waals surface area (Å²) in [5, 5.41) is 2.80. The zero-order valence-corrected chi connectivity index (χ0v) is 6.95. The van der Waals surface area contributed by atoms with Gasteiger partial charge in [-0.2, -0.15) is 0 Å². The fourth-order valence-electron chi connectivity index (χ4n) is 1.39. The van der Waals surface area contributed by atoms with Crippen LogP contribution >= 0.6 is 11.6 Å². The number of rotatable bonds is 3. The molecule has 0 saturated heterocycles. The van der Waals surface area contributed by atoms with Crippen molar-refractivity contribution in [1.82, 2.24) is 5.32 Å². The Labute approximate surface area is 70.1 Å². The van der Waals surface area contributed by atoms with Crippen LogP contribution in [0.2, 0.25) is 0 Å². The SMILES string of the molecule is FC(F)CNC1CCCC1Cl. The third-order valence-electron chi connectivity index (χ3n) is 1.97. The van der Waals surface area contributed by atoms with Crippen LogP contribution in [0, 0.1) is 0 Å². The van der Waals surface area contributed by atoms with Gasteiger partial charge in [0, 0.05) is 11.4 Å². The molecule has 1 aliphatic rings. The molecule has 1 aliphatic carbocycles. The molecule has 1 N–H and O–H groups in total. The van der Waals surface area contributed by atoms with Gasteiger partial charge >= 0.3 is 0 Å². The first kappa shape index (κ1) is 9.20. The number of hydrogen-bond donors (Lipinski definition) is 1. The lowest BCUT2D eigenvalue weighted by Crippen LogP contribution is -2.36. The van der Waals surface area contributed by atoms with Crippen LogP contribution in [-0.4, -0.2) is 24.4 Å². The van der Waals surface area contributed by atoms with Gasteiger partial charge < -0.3 is 5.32 Å². The number of nitrogens with one attached hydrogen (secondary N) is 1. The van der Waals surface area contributed by atoms with Crippen molar-refractivity contribution < 1.29 is 8.78 Å². The average molecular weight is 184 g/mol. The second-order valence-corrected chi connectivity index (χ2v) is 3.41. The van der Waals surface area contributed by atoms with Crippen molar-refractivity contribution in [3.63, 3.8) is 0 Å². The van der Waals surface area contributed by atoms with Crippen LogP contribution in [0.25, 0.3) is 0 Å². The monoisotopic (exact) mass is 183 g/mol. The van der Waals surface area contributed by atoms with E-state index in [0.717, 1.165) is 19.3 Å². The molecule has 1 saturated carbocycles. The van der Waals surface area contributed by atoms with Crippen LogP contribution in [0.15, 0.2) is 0 Å². The Kier molecular flexibility index (Phi) is 3.52. The molecule has 2 atom stereocenters. The van der Waals surface area contributed by atoms with E-state index in [1.165, 1.54) is 0 Å². The van der Waals surface area contributed by atoms with E-state index in [9.17, 15) is 8.78 Å². The van der Waals surface area contributed by atoms with Crippen LogP contribution in [-0.2, 0) is 0 Å². The molecule has 0 aromatic heterocycles. The molecule has 0 heterocycles. The van der Waals surface area contributed by atoms with Crippen molar-refractivity contribution >= 4 is 11.6 Å². The quantitative estimate of drug-likeness (QED) is 0.660. The van der Waals surface area contributed by atoms with Crippen molar-refractivity contribution in [3.05, 3.63) is 0 Å². The molecular formula is C7H12ClF2N. The molecule has 1 rings (SSSR count). The smallest absolute Gasteiger partial charge is 0.250 e. The summed E-state index contributed by atoms with van der Waals surface area (Å²) < 4.78 is 23.4. The topological polar surface area (TPSA) is 12.0 Å². The number of hydrogen-bond acceptors (Lipinski definition) is 1. The van der Waals surface area contributed by atoms with Crippen molar-refractivity contribution in [1.29, 1.82) is 0 Å². The molecule has 0 spiro atoms. The van der Waals surface area contributed by atoms with E-state index in [0.29, 0.717) is 0 Å². The van der Waals surface area contributed by atoms with E-state index < -0.39 is 6.43 Å². The van der Waals surface area contributed by atoms with Crippen LogP contribution in [0.4, 0.5) is 8.78 Å². The lowest BCUT2D eigenvalue weighted by Gasteiger charge is -2.14. The Balaban J connectivity index is 2.15. The van der Waals surface area contributed by atoms with E-state index >= 15 is 0 Å². The Morgan fingerprint density at radius 1 is 1.45 bits per heavy atom. The molecule has 66 valence electrons. The molecule has 1 fully saturated rings. The Morgan fingerprint density at radius 2 is 2.18 bits per heavy atom. The summed E-state index contributed by atoms with van der Waals surface area (Å²) >= 11 is 5.85. The fourth-order valence-corrected chi connectivity index (χ4v) is 1.75. The molecule has 0 aromatic carbocycles. The van der Waals surface area contributed by atoms with E-state index in [2.05, 4.69) is 5.32 Å². The maximum atomic E-state index is 11.7. The van der Waals surface area contributed by atoms with Crippen LogP contribution in [0.1, 0.15) is 19.3 Å². The normalized spacial score (nSPS) is 31.6. The van der Waals surface area contributed by atoms with Crippen molar-refractivity contribution in [2.24, 2.45) is 0 Å². The minimum absolute atomic E-state index is 0.0498. The van der Waals surface area contributed by atoms with Crippen LogP contribution < -0.4 is 5.32 Å². The maximum Gasteiger partial charge on any atom is 0.250 e. The Bertz CT molecular complexity index is 121. The van der Waals surface area contributed by atoms with Crippen LogP contribution in [0.3, 0.4) is 0 Å². The third-order valence-corrected chi connectivity index (χ3v) is 2.49. The average Bonchev–Trinajstić information content (AvgIpc) is 2.31. The molecule has 4 heteroatoms. The Morgan fingerprint density at radius 3 is 2.64 bits per heavy atom. The number of alkyl halides is 3. The van der Waals surface area contributed by atoms with Crippen molar-refractivity contribution in [2.45, 2.75) is 37.1 Å². The standard InChI is InChI=1S/C7H12ClF2N/c8-5-2-1-3-6(5)11-4-7(9)10/h5-7,11H,1-4H2. The van der Waals surface area contributed by atoms with Gasteiger partial charge in [-0.05, 0) is 12.8 Å². The molecule has 0 aliphatic heterocycles. The molecule has 0 aromatic rings. The number of halogens is 3. The highest BCUT2D eigenvalue weighted by atomic mass is 35.5. The molecule has 0 bridgehead atoms. The highest BCUT2D eigenvalue weighted by molar-refractivity contribution is 6.21. The van der Waals surface area contributed by atoms with Gasteiger partial charge in [0.15, 0.2) is 0 Å². The Hall–Kier alpha value is 0.110. The largest absolute Gasteiger partial charge is 0.307 e. The van der Waals surface area contributed by atoms with E-state index in [-0.39, 0.29) is 18.0 Å². The lowest BCUT2D eigenvalue weighted by molar-refractivity contribution is 0.141. The molecule has 11 heavy (non-hydrogen) atoms. The van der Waals surface area contributed by atoms with Crippen LogP contribution in [0.5, 0.6) is 0 Å². The first-order chi connectivity index (χ1) is 5.20. The van der Waals surface area contributed by atoms with E-state index in [1.807, 2.05) is 0 Å².